The molecule has 0 aliphatic carbocycles. The van der Waals surface area contributed by atoms with E-state index in [0.717, 1.165) is 23.4 Å². The molecule has 6 nitrogen and oxygen atoms in total. The Morgan fingerprint density at radius 2 is 1.77 bits per heavy atom. The predicted octanol–water partition coefficient (Wildman–Crippen LogP) is 4.33. The van der Waals surface area contributed by atoms with Crippen LogP contribution in [0.2, 0.25) is 0 Å². The van der Waals surface area contributed by atoms with Crippen LogP contribution in [0.5, 0.6) is 5.75 Å². The summed E-state index contributed by atoms with van der Waals surface area (Å²) in [5.41, 5.74) is 2.40. The van der Waals surface area contributed by atoms with Crippen LogP contribution in [0.1, 0.15) is 65.5 Å². The van der Waals surface area contributed by atoms with Crippen LogP contribution in [0.25, 0.3) is 0 Å². The lowest BCUT2D eigenvalue weighted by atomic mass is 9.78. The number of likely N-dealkylation sites (N-methyl/N-ethyl adjacent to an activating group) is 2. The fraction of sp³-hybridized carbons (Fsp3) is 0.517. The minimum Gasteiger partial charge on any atom is -0.497 e. The molecule has 0 radical (unpaired) electrons. The molecule has 0 spiro atoms. The van der Waals surface area contributed by atoms with E-state index in [9.17, 15) is 9.59 Å². The molecule has 186 valence electrons. The van der Waals surface area contributed by atoms with E-state index in [0.29, 0.717) is 17.5 Å². The Hall–Kier alpha value is -2.86. The SMILES string of the molecule is COc1ccc([C@H]2[C@@H](C(=O)N(C)C[C@@H]3CCCN4CCCC[C@H]34)c3ccccc3C(=O)N2C)cc1. The molecule has 0 aromatic heterocycles. The standard InChI is InChI=1S/C29H37N3O3/c1-30(19-21-9-8-18-32-17-7-6-12-25(21)32)29(34)26-23-10-4-5-11-24(23)28(33)31(2)27(26)20-13-15-22(35-3)16-14-20/h4-5,10-11,13-16,21,25-27H,6-9,12,17-19H2,1-3H3/t21-,25+,26-,27-/m0/s1. The Labute approximate surface area is 208 Å². The summed E-state index contributed by atoms with van der Waals surface area (Å²) < 4.78 is 5.34. The van der Waals surface area contributed by atoms with Gasteiger partial charge in [-0.2, -0.15) is 0 Å². The fourth-order valence-electron chi connectivity index (χ4n) is 6.63. The first kappa shape index (κ1) is 23.9. The first-order valence-corrected chi connectivity index (χ1v) is 13.0. The summed E-state index contributed by atoms with van der Waals surface area (Å²) in [7, 11) is 5.41. The number of methoxy groups -OCH3 is 1. The maximum atomic E-state index is 14.2. The highest BCUT2D eigenvalue weighted by Gasteiger charge is 2.44. The van der Waals surface area contributed by atoms with E-state index in [4.69, 9.17) is 4.74 Å². The summed E-state index contributed by atoms with van der Waals surface area (Å²) in [6.07, 6.45) is 6.21. The molecule has 0 bridgehead atoms. The van der Waals surface area contributed by atoms with E-state index in [1.54, 1.807) is 12.0 Å². The summed E-state index contributed by atoms with van der Waals surface area (Å²) in [4.78, 5) is 33.8. The molecule has 2 amide bonds. The third-order valence-corrected chi connectivity index (χ3v) is 8.42. The van der Waals surface area contributed by atoms with Crippen molar-refractivity contribution in [3.63, 3.8) is 0 Å². The molecule has 0 unspecified atom stereocenters. The lowest BCUT2D eigenvalue weighted by Gasteiger charge is -2.46. The normalized spacial score (nSPS) is 26.6. The molecule has 3 heterocycles. The fourth-order valence-corrected chi connectivity index (χ4v) is 6.63. The van der Waals surface area contributed by atoms with Crippen LogP contribution < -0.4 is 4.74 Å². The third kappa shape index (κ3) is 4.44. The molecule has 0 N–H and O–H groups in total. The van der Waals surface area contributed by atoms with E-state index in [1.165, 1.54) is 45.2 Å². The molecular weight excluding hydrogens is 438 g/mol. The number of fused-ring (bicyclic) bond motifs is 2. The van der Waals surface area contributed by atoms with Gasteiger partial charge in [-0.05, 0) is 74.0 Å². The van der Waals surface area contributed by atoms with Crippen LogP contribution in [0.3, 0.4) is 0 Å². The number of carbonyl (C=O) groups excluding carboxylic acids is 2. The minimum absolute atomic E-state index is 0.0433. The topological polar surface area (TPSA) is 53.1 Å². The van der Waals surface area contributed by atoms with E-state index in [-0.39, 0.29) is 17.9 Å². The summed E-state index contributed by atoms with van der Waals surface area (Å²) in [5.74, 6) is 0.867. The zero-order valence-electron chi connectivity index (χ0n) is 21.2. The summed E-state index contributed by atoms with van der Waals surface area (Å²) in [5, 5.41) is 0. The molecule has 2 aromatic rings. The Morgan fingerprint density at radius 3 is 2.54 bits per heavy atom. The molecule has 6 heteroatoms. The molecule has 2 saturated heterocycles. The lowest BCUT2D eigenvalue weighted by Crippen LogP contribution is -2.52. The second-order valence-electron chi connectivity index (χ2n) is 10.4. The number of ether oxygens (including phenoxy) is 1. The van der Waals surface area contributed by atoms with E-state index >= 15 is 0 Å². The molecular formula is C29H37N3O3. The van der Waals surface area contributed by atoms with Gasteiger partial charge in [0.2, 0.25) is 5.91 Å². The summed E-state index contributed by atoms with van der Waals surface area (Å²) in [6, 6.07) is 15.6. The monoisotopic (exact) mass is 475 g/mol. The van der Waals surface area contributed by atoms with Crippen molar-refractivity contribution in [3.05, 3.63) is 65.2 Å². The first-order chi connectivity index (χ1) is 17.0. The summed E-state index contributed by atoms with van der Waals surface area (Å²) >= 11 is 0. The van der Waals surface area contributed by atoms with Gasteiger partial charge in [-0.15, -0.1) is 0 Å². The maximum Gasteiger partial charge on any atom is 0.254 e. The van der Waals surface area contributed by atoms with Gasteiger partial charge in [0.05, 0.1) is 19.1 Å². The number of nitrogens with zero attached hydrogens (tertiary/aromatic N) is 3. The van der Waals surface area contributed by atoms with Crippen LogP contribution in [-0.2, 0) is 4.79 Å². The van der Waals surface area contributed by atoms with Gasteiger partial charge in [-0.3, -0.25) is 9.59 Å². The predicted molar refractivity (Wildman–Crippen MR) is 137 cm³/mol. The van der Waals surface area contributed by atoms with Gasteiger partial charge in [0.15, 0.2) is 0 Å². The van der Waals surface area contributed by atoms with Gasteiger partial charge >= 0.3 is 0 Å². The van der Waals surface area contributed by atoms with Gasteiger partial charge in [0.25, 0.3) is 5.91 Å². The van der Waals surface area contributed by atoms with Crippen molar-refractivity contribution in [1.29, 1.82) is 0 Å². The molecule has 3 aliphatic rings. The van der Waals surface area contributed by atoms with Crippen LogP contribution in [0.15, 0.2) is 48.5 Å². The van der Waals surface area contributed by atoms with Crippen LogP contribution >= 0.6 is 0 Å². The molecule has 5 rings (SSSR count). The van der Waals surface area contributed by atoms with Crippen molar-refractivity contribution in [2.24, 2.45) is 5.92 Å². The number of hydrogen-bond acceptors (Lipinski definition) is 4. The molecule has 2 aromatic carbocycles. The zero-order valence-corrected chi connectivity index (χ0v) is 21.2. The van der Waals surface area contributed by atoms with Crippen LogP contribution in [0.4, 0.5) is 0 Å². The molecule has 4 atom stereocenters. The quantitative estimate of drug-likeness (QED) is 0.646. The van der Waals surface area contributed by atoms with Crippen molar-refractivity contribution in [3.8, 4) is 5.75 Å². The van der Waals surface area contributed by atoms with Gasteiger partial charge in [0.1, 0.15) is 5.75 Å². The number of carbonyl (C=O) groups is 2. The Bertz CT molecular complexity index is 1070. The highest BCUT2D eigenvalue weighted by atomic mass is 16.5. The number of amides is 2. The number of benzene rings is 2. The highest BCUT2D eigenvalue weighted by Crippen LogP contribution is 2.43. The highest BCUT2D eigenvalue weighted by molar-refractivity contribution is 6.01. The number of hydrogen-bond donors (Lipinski definition) is 0. The second kappa shape index (κ2) is 10.0. The molecule has 2 fully saturated rings. The number of rotatable bonds is 5. The summed E-state index contributed by atoms with van der Waals surface area (Å²) in [6.45, 7) is 3.16. The van der Waals surface area contributed by atoms with E-state index in [2.05, 4.69) is 4.90 Å². The van der Waals surface area contributed by atoms with Crippen LogP contribution in [-0.4, -0.2) is 73.4 Å². The Balaban J connectivity index is 1.46. The van der Waals surface area contributed by atoms with Gasteiger partial charge in [-0.25, -0.2) is 0 Å². The molecule has 35 heavy (non-hydrogen) atoms. The molecule has 3 aliphatic heterocycles. The zero-order chi connectivity index (χ0) is 24.5. The van der Waals surface area contributed by atoms with Crippen molar-refractivity contribution in [1.82, 2.24) is 14.7 Å². The minimum atomic E-state index is -0.446. The average Bonchev–Trinajstić information content (AvgIpc) is 2.90. The lowest BCUT2D eigenvalue weighted by molar-refractivity contribution is -0.134. The Kier molecular flexibility index (Phi) is 6.83. The van der Waals surface area contributed by atoms with Crippen molar-refractivity contribution < 1.29 is 14.3 Å². The largest absolute Gasteiger partial charge is 0.497 e. The van der Waals surface area contributed by atoms with E-state index in [1.807, 2.05) is 67.5 Å². The molecule has 0 saturated carbocycles. The van der Waals surface area contributed by atoms with Crippen molar-refractivity contribution in [2.75, 3.05) is 40.8 Å². The van der Waals surface area contributed by atoms with Gasteiger partial charge < -0.3 is 19.4 Å². The van der Waals surface area contributed by atoms with Gasteiger partial charge in [-0.1, -0.05) is 36.8 Å². The Morgan fingerprint density at radius 1 is 1.03 bits per heavy atom. The second-order valence-corrected chi connectivity index (χ2v) is 10.4. The van der Waals surface area contributed by atoms with Crippen molar-refractivity contribution >= 4 is 11.8 Å². The smallest absolute Gasteiger partial charge is 0.254 e. The maximum absolute atomic E-state index is 14.2. The van der Waals surface area contributed by atoms with E-state index < -0.39 is 5.92 Å². The first-order valence-electron chi connectivity index (χ1n) is 13.0. The third-order valence-electron chi connectivity index (χ3n) is 8.42. The van der Waals surface area contributed by atoms with Crippen LogP contribution in [0, 0.1) is 5.92 Å². The number of piperidine rings is 2. The van der Waals surface area contributed by atoms with Crippen molar-refractivity contribution in [2.45, 2.75) is 50.1 Å². The van der Waals surface area contributed by atoms with Gasteiger partial charge in [0, 0.05) is 32.2 Å². The average molecular weight is 476 g/mol.